The molecule has 8 nitrogen and oxygen atoms in total. The summed E-state index contributed by atoms with van der Waals surface area (Å²) < 4.78 is 26.6. The topological polar surface area (TPSA) is 111 Å². The maximum atomic E-state index is 12.6. The summed E-state index contributed by atoms with van der Waals surface area (Å²) in [6.45, 7) is 0.483. The Labute approximate surface area is 139 Å². The molecule has 2 aliphatic heterocycles. The average Bonchev–Trinajstić information content (AvgIpc) is 2.93. The molecule has 3 amide bonds. The highest BCUT2D eigenvalue weighted by molar-refractivity contribution is 7.89. The molecule has 2 fully saturated rings. The highest BCUT2D eigenvalue weighted by atomic mass is 32.2. The summed E-state index contributed by atoms with van der Waals surface area (Å²) >= 11 is 0. The highest BCUT2D eigenvalue weighted by Gasteiger charge is 2.38. The fourth-order valence-electron chi connectivity index (χ4n) is 3.00. The van der Waals surface area contributed by atoms with Crippen LogP contribution < -0.4 is 5.32 Å². The van der Waals surface area contributed by atoms with Gasteiger partial charge in [-0.05, 0) is 37.1 Å². The molecule has 0 aromatic heterocycles. The molecule has 1 N–H and O–H groups in total. The summed E-state index contributed by atoms with van der Waals surface area (Å²) in [6, 6.07) is 7.03. The van der Waals surface area contributed by atoms with E-state index in [2.05, 4.69) is 5.32 Å². The third-order valence-electron chi connectivity index (χ3n) is 4.29. The van der Waals surface area contributed by atoms with Gasteiger partial charge >= 0.3 is 6.03 Å². The van der Waals surface area contributed by atoms with Crippen LogP contribution >= 0.6 is 0 Å². The quantitative estimate of drug-likeness (QED) is 0.788. The van der Waals surface area contributed by atoms with E-state index in [0.29, 0.717) is 18.4 Å². The van der Waals surface area contributed by atoms with E-state index in [1.165, 1.54) is 33.5 Å². The largest absolute Gasteiger partial charge is 0.329 e. The maximum Gasteiger partial charge on any atom is 0.324 e. The molecule has 0 saturated carbocycles. The molecule has 24 heavy (non-hydrogen) atoms. The monoisotopic (exact) mass is 348 g/mol. The summed E-state index contributed by atoms with van der Waals surface area (Å²) in [4.78, 5) is 24.7. The lowest BCUT2D eigenvalue weighted by Gasteiger charge is -2.34. The molecule has 0 unspecified atom stereocenters. The molecule has 1 aromatic rings. The van der Waals surface area contributed by atoms with E-state index in [0.717, 1.165) is 0 Å². The number of carbonyl (C=O) groups excluding carboxylic acids is 2. The third kappa shape index (κ3) is 2.86. The van der Waals surface area contributed by atoms with E-state index in [9.17, 15) is 18.0 Å². The molecule has 2 saturated heterocycles. The van der Waals surface area contributed by atoms with Crippen LogP contribution in [0.2, 0.25) is 0 Å². The number of sulfonamides is 1. The van der Waals surface area contributed by atoms with Crippen LogP contribution in [-0.2, 0) is 14.8 Å². The summed E-state index contributed by atoms with van der Waals surface area (Å²) in [7, 11) is -3.64. The second kappa shape index (κ2) is 6.22. The van der Waals surface area contributed by atoms with Crippen LogP contribution in [0.1, 0.15) is 18.4 Å². The Morgan fingerprint density at radius 3 is 2.25 bits per heavy atom. The predicted octanol–water partition coefficient (Wildman–Crippen LogP) is 0.263. The van der Waals surface area contributed by atoms with Gasteiger partial charge in [-0.25, -0.2) is 13.2 Å². The highest BCUT2D eigenvalue weighted by Crippen LogP contribution is 2.24. The zero-order chi connectivity index (χ0) is 17.3. The predicted molar refractivity (Wildman–Crippen MR) is 83.2 cm³/mol. The zero-order valence-corrected chi connectivity index (χ0v) is 13.6. The Morgan fingerprint density at radius 2 is 1.75 bits per heavy atom. The van der Waals surface area contributed by atoms with Crippen LogP contribution in [0.5, 0.6) is 0 Å². The van der Waals surface area contributed by atoms with Crippen molar-refractivity contribution in [2.24, 2.45) is 0 Å². The van der Waals surface area contributed by atoms with E-state index >= 15 is 0 Å². The van der Waals surface area contributed by atoms with Crippen molar-refractivity contribution in [3.63, 3.8) is 0 Å². The lowest BCUT2D eigenvalue weighted by Crippen LogP contribution is -2.48. The number of nitrogens with zero attached hydrogens (tertiary/aromatic N) is 3. The van der Waals surface area contributed by atoms with E-state index < -0.39 is 16.1 Å². The van der Waals surface area contributed by atoms with Crippen molar-refractivity contribution in [1.29, 1.82) is 5.26 Å². The van der Waals surface area contributed by atoms with Crippen molar-refractivity contribution >= 4 is 22.0 Å². The Morgan fingerprint density at radius 1 is 1.12 bits per heavy atom. The number of piperidine rings is 1. The van der Waals surface area contributed by atoms with Crippen LogP contribution in [-0.4, -0.2) is 55.2 Å². The fraction of sp³-hybridized carbons (Fsp3) is 0.400. The molecule has 3 rings (SSSR count). The Hall–Kier alpha value is -2.44. The maximum absolute atomic E-state index is 12.6. The second-order valence-corrected chi connectivity index (χ2v) is 7.63. The Kier molecular flexibility index (Phi) is 4.26. The van der Waals surface area contributed by atoms with Crippen molar-refractivity contribution in [3.05, 3.63) is 29.8 Å². The van der Waals surface area contributed by atoms with Gasteiger partial charge in [0.1, 0.15) is 0 Å². The van der Waals surface area contributed by atoms with Gasteiger partial charge in [0, 0.05) is 19.1 Å². The first-order valence-electron chi connectivity index (χ1n) is 7.53. The number of hydrogen-bond acceptors (Lipinski definition) is 5. The molecule has 0 radical (unpaired) electrons. The number of imide groups is 1. The van der Waals surface area contributed by atoms with Crippen LogP contribution in [0.4, 0.5) is 4.79 Å². The summed E-state index contributed by atoms with van der Waals surface area (Å²) in [5.41, 5.74) is 0.395. The molecule has 2 heterocycles. The van der Waals surface area contributed by atoms with Crippen molar-refractivity contribution in [2.45, 2.75) is 23.8 Å². The molecular weight excluding hydrogens is 332 g/mol. The summed E-state index contributed by atoms with van der Waals surface area (Å²) in [6.07, 6.45) is 0.823. The number of amides is 3. The first-order valence-corrected chi connectivity index (χ1v) is 8.97. The van der Waals surface area contributed by atoms with E-state index in [1.807, 2.05) is 6.07 Å². The Bertz CT molecular complexity index is 789. The standard InChI is InChI=1S/C15H16N4O4S/c16-9-11-1-3-13(4-2-11)24(22,23)18-7-5-12(6-8-18)19-14(20)10-17-15(19)21/h1-4,12H,5-8,10H2,(H,17,21). The molecule has 0 aliphatic carbocycles. The van der Waals surface area contributed by atoms with Crippen molar-refractivity contribution in [3.8, 4) is 6.07 Å². The number of benzene rings is 1. The van der Waals surface area contributed by atoms with E-state index in [4.69, 9.17) is 5.26 Å². The van der Waals surface area contributed by atoms with Crippen LogP contribution in [0.3, 0.4) is 0 Å². The first-order chi connectivity index (χ1) is 11.4. The molecule has 9 heteroatoms. The number of nitrogens with one attached hydrogen (secondary N) is 1. The van der Waals surface area contributed by atoms with Crippen LogP contribution in [0.15, 0.2) is 29.2 Å². The number of urea groups is 1. The molecule has 0 spiro atoms. The first kappa shape index (κ1) is 16.4. The summed E-state index contributed by atoms with van der Waals surface area (Å²) in [5.74, 6) is -0.270. The van der Waals surface area contributed by atoms with Gasteiger partial charge < -0.3 is 5.32 Å². The van der Waals surface area contributed by atoms with Crippen LogP contribution in [0.25, 0.3) is 0 Å². The SMILES string of the molecule is N#Cc1ccc(S(=O)(=O)N2CCC(N3C(=O)CNC3=O)CC2)cc1. The van der Waals surface area contributed by atoms with Gasteiger partial charge in [0.15, 0.2) is 0 Å². The fourth-order valence-corrected chi connectivity index (χ4v) is 4.47. The third-order valence-corrected chi connectivity index (χ3v) is 6.20. The lowest BCUT2D eigenvalue weighted by molar-refractivity contribution is -0.127. The van der Waals surface area contributed by atoms with E-state index in [1.54, 1.807) is 0 Å². The van der Waals surface area contributed by atoms with Crippen molar-refractivity contribution < 1.29 is 18.0 Å². The van der Waals surface area contributed by atoms with Gasteiger partial charge in [-0.1, -0.05) is 0 Å². The molecule has 0 atom stereocenters. The number of nitriles is 1. The summed E-state index contributed by atoms with van der Waals surface area (Å²) in [5, 5.41) is 11.3. The minimum absolute atomic E-state index is 0.00257. The molecule has 1 aromatic carbocycles. The van der Waals surface area contributed by atoms with Gasteiger partial charge in [-0.2, -0.15) is 9.57 Å². The lowest BCUT2D eigenvalue weighted by atomic mass is 10.1. The zero-order valence-electron chi connectivity index (χ0n) is 12.8. The van der Waals surface area contributed by atoms with E-state index in [-0.39, 0.29) is 36.5 Å². The average molecular weight is 348 g/mol. The number of hydrogen-bond donors (Lipinski definition) is 1. The minimum atomic E-state index is -3.64. The van der Waals surface area contributed by atoms with Crippen molar-refractivity contribution in [1.82, 2.24) is 14.5 Å². The molecule has 126 valence electrons. The number of rotatable bonds is 3. The second-order valence-electron chi connectivity index (χ2n) is 5.69. The molecule has 2 aliphatic rings. The van der Waals surface area contributed by atoms with Crippen molar-refractivity contribution in [2.75, 3.05) is 19.6 Å². The normalized spacial score (nSPS) is 20.0. The van der Waals surface area contributed by atoms with Gasteiger partial charge in [0.05, 0.1) is 23.1 Å². The van der Waals surface area contributed by atoms with Gasteiger partial charge in [0.25, 0.3) is 0 Å². The molecular formula is C15H16N4O4S. The van der Waals surface area contributed by atoms with Gasteiger partial charge in [-0.15, -0.1) is 0 Å². The van der Waals surface area contributed by atoms with Gasteiger partial charge in [-0.3, -0.25) is 9.69 Å². The minimum Gasteiger partial charge on any atom is -0.329 e. The number of carbonyl (C=O) groups is 2. The smallest absolute Gasteiger partial charge is 0.324 e. The molecule has 0 bridgehead atoms. The van der Waals surface area contributed by atoms with Gasteiger partial charge in [0.2, 0.25) is 15.9 Å². The van der Waals surface area contributed by atoms with Crippen LogP contribution in [0, 0.1) is 11.3 Å². The Balaban J connectivity index is 1.70.